The smallest absolute Gasteiger partial charge is 0.339 e. The first-order valence-electron chi connectivity index (χ1n) is 7.62. The van der Waals surface area contributed by atoms with Crippen LogP contribution >= 0.6 is 11.3 Å². The number of carbonyl (C=O) groups excluding carboxylic acids is 1. The van der Waals surface area contributed by atoms with Crippen LogP contribution in [0.2, 0.25) is 0 Å². The van der Waals surface area contributed by atoms with Crippen molar-refractivity contribution in [2.24, 2.45) is 0 Å². The zero-order valence-corrected chi connectivity index (χ0v) is 14.2. The minimum Gasteiger partial charge on any atom is -0.494 e. The van der Waals surface area contributed by atoms with Gasteiger partial charge < -0.3 is 14.8 Å². The van der Waals surface area contributed by atoms with E-state index in [0.29, 0.717) is 30.0 Å². The second-order valence-electron chi connectivity index (χ2n) is 4.85. The third-order valence-corrected chi connectivity index (χ3v) is 4.18. The van der Waals surface area contributed by atoms with Gasteiger partial charge in [0.15, 0.2) is 0 Å². The number of nitrogens with zero attached hydrogens (tertiary/aromatic N) is 2. The van der Waals surface area contributed by atoms with Crippen molar-refractivity contribution in [1.29, 1.82) is 0 Å². The zero-order valence-electron chi connectivity index (χ0n) is 13.4. The van der Waals surface area contributed by atoms with Gasteiger partial charge in [0, 0.05) is 11.1 Å². The van der Waals surface area contributed by atoms with Crippen molar-refractivity contribution >= 4 is 39.0 Å². The number of ether oxygens (including phenoxy) is 2. The molecule has 3 aromatic rings. The van der Waals surface area contributed by atoms with Crippen molar-refractivity contribution in [3.63, 3.8) is 0 Å². The van der Waals surface area contributed by atoms with E-state index in [1.54, 1.807) is 12.3 Å². The summed E-state index contributed by atoms with van der Waals surface area (Å²) in [6.45, 7) is 4.67. The predicted octanol–water partition coefficient (Wildman–Crippen LogP) is 4.01. The van der Waals surface area contributed by atoms with E-state index in [1.165, 1.54) is 17.7 Å². The van der Waals surface area contributed by atoms with Gasteiger partial charge in [0.1, 0.15) is 22.7 Å². The number of hydrogen-bond donors (Lipinski definition) is 1. The van der Waals surface area contributed by atoms with E-state index in [9.17, 15) is 4.79 Å². The molecule has 0 spiro atoms. The lowest BCUT2D eigenvalue weighted by molar-refractivity contribution is 0.0529. The Labute approximate surface area is 143 Å². The molecular weight excluding hydrogens is 326 g/mol. The molecule has 0 saturated heterocycles. The molecule has 0 fully saturated rings. The first kappa shape index (κ1) is 16.2. The highest BCUT2D eigenvalue weighted by molar-refractivity contribution is 7.17. The van der Waals surface area contributed by atoms with Gasteiger partial charge >= 0.3 is 5.97 Å². The number of thiophene rings is 1. The lowest BCUT2D eigenvalue weighted by Gasteiger charge is -2.09. The van der Waals surface area contributed by atoms with Crippen LogP contribution in [0, 0.1) is 0 Å². The quantitative estimate of drug-likeness (QED) is 0.682. The van der Waals surface area contributed by atoms with E-state index in [1.807, 2.05) is 31.2 Å². The summed E-state index contributed by atoms with van der Waals surface area (Å²) in [4.78, 5) is 21.4. The molecule has 1 N–H and O–H groups in total. The summed E-state index contributed by atoms with van der Waals surface area (Å²) in [5.74, 6) is 1.01. The summed E-state index contributed by atoms with van der Waals surface area (Å²) in [6.07, 6.45) is 1.48. The van der Waals surface area contributed by atoms with Crippen LogP contribution < -0.4 is 10.1 Å². The maximum absolute atomic E-state index is 12.1. The van der Waals surface area contributed by atoms with Gasteiger partial charge in [0.05, 0.1) is 24.2 Å². The molecule has 0 amide bonds. The average molecular weight is 343 g/mol. The predicted molar refractivity (Wildman–Crippen MR) is 94.3 cm³/mol. The Morgan fingerprint density at radius 1 is 1.17 bits per heavy atom. The number of anilines is 2. The minimum absolute atomic E-state index is 0.325. The highest BCUT2D eigenvalue weighted by Crippen LogP contribution is 2.31. The molecule has 3 rings (SSSR count). The number of carbonyl (C=O) groups is 1. The van der Waals surface area contributed by atoms with Gasteiger partial charge in [0.2, 0.25) is 0 Å². The SMILES string of the molecule is CCOC(=O)c1csc2ncnc(Nc3ccc(OCC)cc3)c12. The fourth-order valence-electron chi connectivity index (χ4n) is 2.27. The molecular formula is C17H17N3O3S. The second-order valence-corrected chi connectivity index (χ2v) is 5.71. The standard InChI is InChI=1S/C17H17N3O3S/c1-3-22-12-7-5-11(6-8-12)20-15-14-13(17(21)23-4-2)9-24-16(14)19-10-18-15/h5-10H,3-4H2,1-2H3,(H,18,19,20). The van der Waals surface area contributed by atoms with Crippen molar-refractivity contribution in [1.82, 2.24) is 9.97 Å². The third kappa shape index (κ3) is 3.30. The summed E-state index contributed by atoms with van der Waals surface area (Å²) in [7, 11) is 0. The molecule has 0 radical (unpaired) electrons. The molecule has 0 saturated carbocycles. The summed E-state index contributed by atoms with van der Waals surface area (Å²) in [6, 6.07) is 7.55. The largest absolute Gasteiger partial charge is 0.494 e. The van der Waals surface area contributed by atoms with E-state index < -0.39 is 0 Å². The number of rotatable bonds is 6. The van der Waals surface area contributed by atoms with Crippen LogP contribution in [0.1, 0.15) is 24.2 Å². The Balaban J connectivity index is 1.94. The van der Waals surface area contributed by atoms with Gasteiger partial charge in [-0.2, -0.15) is 0 Å². The van der Waals surface area contributed by atoms with Crippen LogP contribution in [-0.4, -0.2) is 29.2 Å². The summed E-state index contributed by atoms with van der Waals surface area (Å²) < 4.78 is 10.5. The van der Waals surface area contributed by atoms with Crippen LogP contribution in [0.25, 0.3) is 10.2 Å². The van der Waals surface area contributed by atoms with Crippen LogP contribution in [0.15, 0.2) is 36.0 Å². The second kappa shape index (κ2) is 7.27. The fraction of sp³-hybridized carbons (Fsp3) is 0.235. The van der Waals surface area contributed by atoms with Crippen molar-refractivity contribution in [3.05, 3.63) is 41.5 Å². The maximum atomic E-state index is 12.1. The Morgan fingerprint density at radius 3 is 2.67 bits per heavy atom. The maximum Gasteiger partial charge on any atom is 0.339 e. The molecule has 0 unspecified atom stereocenters. The number of benzene rings is 1. The van der Waals surface area contributed by atoms with Gasteiger partial charge in [-0.3, -0.25) is 0 Å². The first-order chi connectivity index (χ1) is 11.7. The minimum atomic E-state index is -0.367. The molecule has 2 heterocycles. The number of esters is 1. The molecule has 1 aromatic carbocycles. The van der Waals surface area contributed by atoms with Crippen molar-refractivity contribution in [2.45, 2.75) is 13.8 Å². The van der Waals surface area contributed by atoms with E-state index in [0.717, 1.165) is 16.3 Å². The monoisotopic (exact) mass is 343 g/mol. The van der Waals surface area contributed by atoms with Crippen LogP contribution in [0.3, 0.4) is 0 Å². The molecule has 0 bridgehead atoms. The van der Waals surface area contributed by atoms with Gasteiger partial charge in [-0.15, -0.1) is 11.3 Å². The van der Waals surface area contributed by atoms with Crippen LogP contribution in [-0.2, 0) is 4.74 Å². The molecule has 24 heavy (non-hydrogen) atoms. The highest BCUT2D eigenvalue weighted by Gasteiger charge is 2.18. The normalized spacial score (nSPS) is 10.6. The molecule has 2 aromatic heterocycles. The molecule has 0 aliphatic carbocycles. The van der Waals surface area contributed by atoms with Crippen molar-refractivity contribution in [2.75, 3.05) is 18.5 Å². The number of aromatic nitrogens is 2. The molecule has 124 valence electrons. The fourth-order valence-corrected chi connectivity index (χ4v) is 3.14. The Kier molecular flexibility index (Phi) is 4.90. The van der Waals surface area contributed by atoms with E-state index >= 15 is 0 Å². The van der Waals surface area contributed by atoms with E-state index in [-0.39, 0.29) is 5.97 Å². The average Bonchev–Trinajstić information content (AvgIpc) is 3.02. The van der Waals surface area contributed by atoms with E-state index in [2.05, 4.69) is 15.3 Å². The summed E-state index contributed by atoms with van der Waals surface area (Å²) in [5, 5.41) is 5.66. The van der Waals surface area contributed by atoms with Crippen LogP contribution in [0.4, 0.5) is 11.5 Å². The van der Waals surface area contributed by atoms with Gasteiger partial charge in [-0.25, -0.2) is 14.8 Å². The van der Waals surface area contributed by atoms with Crippen molar-refractivity contribution < 1.29 is 14.3 Å². The van der Waals surface area contributed by atoms with Gasteiger partial charge in [-0.1, -0.05) is 0 Å². The number of nitrogens with one attached hydrogen (secondary N) is 1. The lowest BCUT2D eigenvalue weighted by Crippen LogP contribution is -2.05. The number of fused-ring (bicyclic) bond motifs is 1. The van der Waals surface area contributed by atoms with Gasteiger partial charge in [0.25, 0.3) is 0 Å². The Morgan fingerprint density at radius 2 is 1.96 bits per heavy atom. The topological polar surface area (TPSA) is 73.3 Å². The zero-order chi connectivity index (χ0) is 16.9. The Hall–Kier alpha value is -2.67. The third-order valence-electron chi connectivity index (χ3n) is 3.29. The van der Waals surface area contributed by atoms with E-state index in [4.69, 9.17) is 9.47 Å². The molecule has 0 atom stereocenters. The number of hydrogen-bond acceptors (Lipinski definition) is 7. The van der Waals surface area contributed by atoms with Crippen molar-refractivity contribution in [3.8, 4) is 5.75 Å². The molecule has 6 nitrogen and oxygen atoms in total. The van der Waals surface area contributed by atoms with Gasteiger partial charge in [-0.05, 0) is 38.1 Å². The summed E-state index contributed by atoms with van der Waals surface area (Å²) >= 11 is 1.39. The molecule has 0 aliphatic rings. The van der Waals surface area contributed by atoms with Crippen LogP contribution in [0.5, 0.6) is 5.75 Å². The Bertz CT molecular complexity index is 846. The molecule has 0 aliphatic heterocycles. The first-order valence-corrected chi connectivity index (χ1v) is 8.50. The summed E-state index contributed by atoms with van der Waals surface area (Å²) in [5.41, 5.74) is 1.32. The highest BCUT2D eigenvalue weighted by atomic mass is 32.1. The molecule has 7 heteroatoms. The lowest BCUT2D eigenvalue weighted by atomic mass is 10.2.